The molecule has 0 saturated heterocycles. The van der Waals surface area contributed by atoms with E-state index in [1.807, 2.05) is 0 Å². The molecule has 6 unspecified atom stereocenters. The van der Waals surface area contributed by atoms with Crippen molar-refractivity contribution in [1.82, 2.24) is 0 Å². The molecular formula is C22H37NO3. The Morgan fingerprint density at radius 1 is 0.808 bits per heavy atom. The van der Waals surface area contributed by atoms with E-state index < -0.39 is 0 Å². The van der Waals surface area contributed by atoms with E-state index in [1.165, 1.54) is 19.3 Å². The van der Waals surface area contributed by atoms with Crippen LogP contribution < -0.4 is 0 Å². The number of hydrogen-bond donors (Lipinski definition) is 2. The highest BCUT2D eigenvalue weighted by Crippen LogP contribution is 2.38. The van der Waals surface area contributed by atoms with Crippen LogP contribution >= 0.6 is 0 Å². The number of aliphatic imine (C=N–C) groups is 1. The number of aliphatic hydroxyl groups excluding tert-OH is 2. The number of nitrogens with zero attached hydrogens (tertiary/aromatic N) is 1. The molecule has 0 spiro atoms. The summed E-state index contributed by atoms with van der Waals surface area (Å²) < 4.78 is 6.19. The minimum atomic E-state index is -0.352. The van der Waals surface area contributed by atoms with E-state index in [9.17, 15) is 10.2 Å². The second-order valence-corrected chi connectivity index (χ2v) is 8.66. The number of hydrogen-bond acceptors (Lipinski definition) is 4. The lowest BCUT2D eigenvalue weighted by atomic mass is 9.75. The number of rotatable bonds is 5. The first-order valence-electron chi connectivity index (χ1n) is 10.8. The maximum Gasteiger partial charge on any atom is 0.124 e. The summed E-state index contributed by atoms with van der Waals surface area (Å²) in [5.41, 5.74) is 1.16. The van der Waals surface area contributed by atoms with Gasteiger partial charge in [0, 0.05) is 17.5 Å². The van der Waals surface area contributed by atoms with Crippen molar-refractivity contribution in [3.8, 4) is 0 Å². The number of aliphatic hydroxyl groups is 2. The van der Waals surface area contributed by atoms with Gasteiger partial charge >= 0.3 is 0 Å². The van der Waals surface area contributed by atoms with Gasteiger partial charge in [-0.15, -0.1) is 0 Å². The molecule has 0 aromatic heterocycles. The lowest BCUT2D eigenvalue weighted by molar-refractivity contribution is -0.0403. The largest absolute Gasteiger partial charge is 0.492 e. The van der Waals surface area contributed by atoms with Gasteiger partial charge in [-0.05, 0) is 51.9 Å². The second-order valence-electron chi connectivity index (χ2n) is 8.66. The van der Waals surface area contributed by atoms with E-state index in [0.29, 0.717) is 11.8 Å². The summed E-state index contributed by atoms with van der Waals surface area (Å²) in [5.74, 6) is 1.51. The van der Waals surface area contributed by atoms with Crippen molar-refractivity contribution >= 4 is 5.71 Å². The molecule has 4 nitrogen and oxygen atoms in total. The zero-order valence-electron chi connectivity index (χ0n) is 16.4. The molecular weight excluding hydrogens is 326 g/mol. The summed E-state index contributed by atoms with van der Waals surface area (Å²) in [7, 11) is 0. The minimum Gasteiger partial charge on any atom is -0.492 e. The quantitative estimate of drug-likeness (QED) is 0.562. The molecule has 3 fully saturated rings. The Bertz CT molecular complexity index is 504. The van der Waals surface area contributed by atoms with Crippen molar-refractivity contribution in [3.63, 3.8) is 0 Å². The van der Waals surface area contributed by atoms with Crippen LogP contribution in [0, 0.1) is 11.8 Å². The van der Waals surface area contributed by atoms with Gasteiger partial charge in [-0.3, -0.25) is 4.99 Å². The molecule has 6 atom stereocenters. The Balaban J connectivity index is 1.65. The fraction of sp³-hybridized carbons (Fsp3) is 0.864. The van der Waals surface area contributed by atoms with Gasteiger partial charge in [-0.2, -0.15) is 0 Å². The first-order valence-corrected chi connectivity index (χ1v) is 10.8. The molecule has 0 amide bonds. The summed E-state index contributed by atoms with van der Waals surface area (Å²) in [6, 6.07) is 0.0701. The van der Waals surface area contributed by atoms with Crippen molar-refractivity contribution in [3.05, 3.63) is 12.3 Å². The molecule has 3 aliphatic carbocycles. The van der Waals surface area contributed by atoms with Gasteiger partial charge in [0.05, 0.1) is 24.0 Å². The second kappa shape index (κ2) is 9.36. The predicted molar refractivity (Wildman–Crippen MR) is 105 cm³/mol. The van der Waals surface area contributed by atoms with Gasteiger partial charge in [-0.1, -0.05) is 38.7 Å². The first-order chi connectivity index (χ1) is 12.6. The van der Waals surface area contributed by atoms with Crippen LogP contribution in [0.3, 0.4) is 0 Å². The van der Waals surface area contributed by atoms with Crippen LogP contribution in [0.1, 0.15) is 84.0 Å². The van der Waals surface area contributed by atoms with Crippen LogP contribution in [0.25, 0.3) is 0 Å². The van der Waals surface area contributed by atoms with Crippen LogP contribution in [-0.4, -0.2) is 40.3 Å². The molecule has 0 bridgehead atoms. The smallest absolute Gasteiger partial charge is 0.124 e. The van der Waals surface area contributed by atoms with Crippen molar-refractivity contribution in [2.45, 2.75) is 108 Å². The molecule has 0 radical (unpaired) electrons. The molecule has 0 aromatic rings. The zero-order chi connectivity index (χ0) is 18.5. The monoisotopic (exact) mass is 363 g/mol. The molecule has 3 saturated carbocycles. The maximum absolute atomic E-state index is 10.3. The minimum absolute atomic E-state index is 0.0701. The van der Waals surface area contributed by atoms with E-state index in [2.05, 4.69) is 13.5 Å². The Kier molecular flexibility index (Phi) is 7.16. The van der Waals surface area contributed by atoms with Gasteiger partial charge in [0.2, 0.25) is 0 Å². The van der Waals surface area contributed by atoms with Crippen LogP contribution in [0.4, 0.5) is 0 Å². The maximum atomic E-state index is 10.3. The topological polar surface area (TPSA) is 62.0 Å². The Hall–Kier alpha value is -0.870. The molecule has 3 aliphatic rings. The Morgan fingerprint density at radius 2 is 1.38 bits per heavy atom. The van der Waals surface area contributed by atoms with Gasteiger partial charge in [-0.25, -0.2) is 0 Å². The Labute approximate surface area is 158 Å². The van der Waals surface area contributed by atoms with Crippen LogP contribution in [-0.2, 0) is 4.74 Å². The van der Waals surface area contributed by atoms with Gasteiger partial charge in [0.25, 0.3) is 0 Å². The molecule has 2 N–H and O–H groups in total. The highest BCUT2D eigenvalue weighted by atomic mass is 16.5. The third-order valence-corrected chi connectivity index (χ3v) is 6.75. The van der Waals surface area contributed by atoms with Crippen molar-refractivity contribution in [2.75, 3.05) is 0 Å². The average molecular weight is 364 g/mol. The SMILES string of the molecule is C=C(OC1CCCCC1O)C1CCCCC1C(C)=NC1CCCCC1O. The molecule has 148 valence electrons. The summed E-state index contributed by atoms with van der Waals surface area (Å²) in [4.78, 5) is 4.96. The van der Waals surface area contributed by atoms with Gasteiger partial charge in [0.1, 0.15) is 6.10 Å². The number of allylic oxidation sites excluding steroid dienone is 1. The van der Waals surface area contributed by atoms with Crippen LogP contribution in [0.15, 0.2) is 17.3 Å². The zero-order valence-corrected chi connectivity index (χ0v) is 16.4. The fourth-order valence-corrected chi connectivity index (χ4v) is 5.11. The lowest BCUT2D eigenvalue weighted by Crippen LogP contribution is -2.36. The van der Waals surface area contributed by atoms with E-state index in [4.69, 9.17) is 9.73 Å². The highest BCUT2D eigenvalue weighted by Gasteiger charge is 2.34. The molecule has 26 heavy (non-hydrogen) atoms. The molecule has 0 heterocycles. The van der Waals surface area contributed by atoms with Crippen LogP contribution in [0.2, 0.25) is 0 Å². The molecule has 0 aromatic carbocycles. The molecule has 0 aliphatic heterocycles. The molecule has 3 rings (SSSR count). The van der Waals surface area contributed by atoms with Crippen molar-refractivity contribution in [1.29, 1.82) is 0 Å². The predicted octanol–water partition coefficient (Wildman–Crippen LogP) is 4.39. The summed E-state index contributed by atoms with van der Waals surface area (Å²) in [6.07, 6.45) is 12.1. The van der Waals surface area contributed by atoms with E-state index in [1.54, 1.807) is 0 Å². The fourth-order valence-electron chi connectivity index (χ4n) is 5.11. The normalized spacial score (nSPS) is 39.4. The first kappa shape index (κ1) is 19.9. The van der Waals surface area contributed by atoms with E-state index in [-0.39, 0.29) is 24.4 Å². The Morgan fingerprint density at radius 3 is 2.08 bits per heavy atom. The van der Waals surface area contributed by atoms with Crippen molar-refractivity contribution < 1.29 is 14.9 Å². The third-order valence-electron chi connectivity index (χ3n) is 6.75. The van der Waals surface area contributed by atoms with Crippen LogP contribution in [0.5, 0.6) is 0 Å². The summed E-state index contributed by atoms with van der Waals surface area (Å²) in [5, 5.41) is 20.5. The summed E-state index contributed by atoms with van der Waals surface area (Å²) >= 11 is 0. The van der Waals surface area contributed by atoms with E-state index in [0.717, 1.165) is 69.3 Å². The van der Waals surface area contributed by atoms with E-state index >= 15 is 0 Å². The van der Waals surface area contributed by atoms with Crippen molar-refractivity contribution in [2.24, 2.45) is 16.8 Å². The van der Waals surface area contributed by atoms with Gasteiger partial charge in [0.15, 0.2) is 0 Å². The average Bonchev–Trinajstić information content (AvgIpc) is 2.65. The lowest BCUT2D eigenvalue weighted by Gasteiger charge is -2.37. The summed E-state index contributed by atoms with van der Waals surface area (Å²) in [6.45, 7) is 6.40. The van der Waals surface area contributed by atoms with Gasteiger partial charge < -0.3 is 14.9 Å². The standard InChI is InChI=1S/C22H37NO3/c1-15(23-19-11-5-6-12-20(19)24)17-9-3-4-10-18(17)16(2)26-22-14-8-7-13-21(22)25/h17-22,24-25H,2-14H2,1H3. The highest BCUT2D eigenvalue weighted by molar-refractivity contribution is 5.85. The number of ether oxygens (including phenoxy) is 1. The molecule has 4 heteroatoms. The third kappa shape index (κ3) is 4.89.